The van der Waals surface area contributed by atoms with Crippen LogP contribution in [-0.4, -0.2) is 13.9 Å². The summed E-state index contributed by atoms with van der Waals surface area (Å²) in [5.41, 5.74) is 10.4. The molecule has 0 bridgehead atoms. The van der Waals surface area contributed by atoms with Gasteiger partial charge >= 0.3 is 0 Å². The van der Waals surface area contributed by atoms with Crippen molar-refractivity contribution in [3.8, 4) is 49.9 Å². The number of aromatic nitrogens is 3. The second-order valence-electron chi connectivity index (χ2n) is 11.6. The average Bonchev–Trinajstić information content (AvgIpc) is 3.75. The standard InChI is InChI=1S/C42H27N3S/c1-2-8-28(9-3-1)30-14-16-31(17-15-30)34-22-25-38-37-12-6-7-13-39(37)45(40(38)27-34)36-23-20-32(21-24-36)42-43-41(44-46-42)35-19-18-29-10-4-5-11-33(29)26-35/h1-27H. The lowest BCUT2D eigenvalue weighted by Gasteiger charge is -2.10. The first-order chi connectivity index (χ1) is 22.8. The Morgan fingerprint density at radius 1 is 0.413 bits per heavy atom. The van der Waals surface area contributed by atoms with Gasteiger partial charge in [0.2, 0.25) is 0 Å². The first-order valence-corrected chi connectivity index (χ1v) is 16.2. The molecule has 7 aromatic carbocycles. The third-order valence-electron chi connectivity index (χ3n) is 8.81. The molecule has 0 saturated carbocycles. The van der Waals surface area contributed by atoms with Crippen LogP contribution in [0.4, 0.5) is 0 Å². The number of nitrogens with zero attached hydrogens (tertiary/aromatic N) is 3. The Morgan fingerprint density at radius 3 is 1.85 bits per heavy atom. The highest BCUT2D eigenvalue weighted by molar-refractivity contribution is 7.09. The van der Waals surface area contributed by atoms with E-state index in [9.17, 15) is 0 Å². The first kappa shape index (κ1) is 26.6. The number of para-hydroxylation sites is 1. The van der Waals surface area contributed by atoms with Crippen LogP contribution in [0.15, 0.2) is 164 Å². The fourth-order valence-corrected chi connectivity index (χ4v) is 7.14. The Labute approximate surface area is 270 Å². The normalized spacial score (nSPS) is 11.5. The van der Waals surface area contributed by atoms with Crippen molar-refractivity contribution in [2.24, 2.45) is 0 Å². The molecule has 4 heteroatoms. The molecule has 216 valence electrons. The zero-order chi connectivity index (χ0) is 30.5. The molecule has 0 saturated heterocycles. The molecule has 2 heterocycles. The number of hydrogen-bond acceptors (Lipinski definition) is 3. The van der Waals surface area contributed by atoms with Gasteiger partial charge in [0.15, 0.2) is 5.82 Å². The van der Waals surface area contributed by atoms with E-state index in [4.69, 9.17) is 9.36 Å². The van der Waals surface area contributed by atoms with Crippen LogP contribution in [0.25, 0.3) is 82.5 Å². The molecule has 0 unspecified atom stereocenters. The topological polar surface area (TPSA) is 30.7 Å². The monoisotopic (exact) mass is 605 g/mol. The number of fused-ring (bicyclic) bond motifs is 4. The van der Waals surface area contributed by atoms with E-state index in [-0.39, 0.29) is 0 Å². The number of benzene rings is 7. The van der Waals surface area contributed by atoms with Crippen molar-refractivity contribution in [2.45, 2.75) is 0 Å². The fourth-order valence-electron chi connectivity index (χ4n) is 6.45. The average molecular weight is 606 g/mol. The van der Waals surface area contributed by atoms with Crippen LogP contribution in [0.3, 0.4) is 0 Å². The quantitative estimate of drug-likeness (QED) is 0.195. The van der Waals surface area contributed by atoms with Crippen LogP contribution >= 0.6 is 11.5 Å². The van der Waals surface area contributed by atoms with Crippen molar-refractivity contribution in [1.29, 1.82) is 0 Å². The molecule has 0 fully saturated rings. The molecule has 0 spiro atoms. The smallest absolute Gasteiger partial charge is 0.173 e. The van der Waals surface area contributed by atoms with Gasteiger partial charge in [0.05, 0.1) is 11.0 Å². The van der Waals surface area contributed by atoms with Crippen LogP contribution in [0.5, 0.6) is 0 Å². The van der Waals surface area contributed by atoms with E-state index in [0.29, 0.717) is 0 Å². The highest BCUT2D eigenvalue weighted by atomic mass is 32.1. The second-order valence-corrected chi connectivity index (χ2v) is 12.3. The second kappa shape index (κ2) is 11.0. The Morgan fingerprint density at radius 2 is 1.02 bits per heavy atom. The molecule has 0 aliphatic rings. The molecule has 0 aliphatic heterocycles. The minimum Gasteiger partial charge on any atom is -0.309 e. The molecule has 0 N–H and O–H groups in total. The Kier molecular flexibility index (Phi) is 6.32. The van der Waals surface area contributed by atoms with Crippen LogP contribution in [0.2, 0.25) is 0 Å². The van der Waals surface area contributed by atoms with Gasteiger partial charge in [-0.2, -0.15) is 4.37 Å². The summed E-state index contributed by atoms with van der Waals surface area (Å²) < 4.78 is 7.08. The SMILES string of the molecule is c1ccc(-c2ccc(-c3ccc4c5ccccc5n(-c5ccc(-c6nc(-c7ccc8ccccc8c7)ns6)cc5)c4c3)cc2)cc1. The van der Waals surface area contributed by atoms with Crippen LogP contribution in [0.1, 0.15) is 0 Å². The zero-order valence-corrected chi connectivity index (χ0v) is 25.7. The summed E-state index contributed by atoms with van der Waals surface area (Å²) in [5.74, 6) is 0.765. The molecule has 0 atom stereocenters. The summed E-state index contributed by atoms with van der Waals surface area (Å²) in [5, 5.41) is 5.82. The molecule has 3 nitrogen and oxygen atoms in total. The van der Waals surface area contributed by atoms with E-state index < -0.39 is 0 Å². The van der Waals surface area contributed by atoms with E-state index in [1.165, 1.54) is 66.4 Å². The Hall–Kier alpha value is -5.84. The third kappa shape index (κ3) is 4.59. The predicted molar refractivity (Wildman–Crippen MR) is 193 cm³/mol. The maximum absolute atomic E-state index is 4.92. The van der Waals surface area contributed by atoms with E-state index in [0.717, 1.165) is 27.6 Å². The molecule has 0 radical (unpaired) electrons. The van der Waals surface area contributed by atoms with Crippen LogP contribution in [-0.2, 0) is 0 Å². The van der Waals surface area contributed by atoms with Crippen molar-refractivity contribution in [2.75, 3.05) is 0 Å². The van der Waals surface area contributed by atoms with Gasteiger partial charge in [0.1, 0.15) is 5.01 Å². The predicted octanol–water partition coefficient (Wildman–Crippen LogP) is 11.5. The van der Waals surface area contributed by atoms with E-state index in [1.54, 1.807) is 0 Å². The summed E-state index contributed by atoms with van der Waals surface area (Å²) in [6, 6.07) is 58.4. The summed E-state index contributed by atoms with van der Waals surface area (Å²) in [6.45, 7) is 0. The molecule has 2 aromatic heterocycles. The van der Waals surface area contributed by atoms with Gasteiger partial charge in [-0.25, -0.2) is 4.98 Å². The molecule has 0 aliphatic carbocycles. The maximum atomic E-state index is 4.92. The molecular formula is C42H27N3S. The van der Waals surface area contributed by atoms with Gasteiger partial charge in [-0.3, -0.25) is 0 Å². The van der Waals surface area contributed by atoms with Crippen molar-refractivity contribution < 1.29 is 0 Å². The van der Waals surface area contributed by atoms with Gasteiger partial charge in [-0.15, -0.1) is 0 Å². The van der Waals surface area contributed by atoms with Gasteiger partial charge in [-0.05, 0) is 87.0 Å². The Bertz CT molecular complexity index is 2510. The van der Waals surface area contributed by atoms with Gasteiger partial charge < -0.3 is 4.57 Å². The van der Waals surface area contributed by atoms with Gasteiger partial charge in [0, 0.05) is 27.6 Å². The van der Waals surface area contributed by atoms with Crippen LogP contribution in [0, 0.1) is 0 Å². The van der Waals surface area contributed by atoms with Crippen molar-refractivity contribution in [3.63, 3.8) is 0 Å². The summed E-state index contributed by atoms with van der Waals surface area (Å²) >= 11 is 1.44. The van der Waals surface area contributed by atoms with E-state index in [1.807, 2.05) is 0 Å². The first-order valence-electron chi connectivity index (χ1n) is 15.4. The largest absolute Gasteiger partial charge is 0.309 e. The summed E-state index contributed by atoms with van der Waals surface area (Å²) in [4.78, 5) is 4.92. The minimum absolute atomic E-state index is 0.765. The van der Waals surface area contributed by atoms with Crippen molar-refractivity contribution in [3.05, 3.63) is 164 Å². The highest BCUT2D eigenvalue weighted by Crippen LogP contribution is 2.36. The highest BCUT2D eigenvalue weighted by Gasteiger charge is 2.15. The van der Waals surface area contributed by atoms with Crippen LogP contribution < -0.4 is 0 Å². The van der Waals surface area contributed by atoms with E-state index >= 15 is 0 Å². The lowest BCUT2D eigenvalue weighted by Crippen LogP contribution is -1.94. The zero-order valence-electron chi connectivity index (χ0n) is 24.8. The molecule has 0 amide bonds. The fraction of sp³-hybridized carbons (Fsp3) is 0. The molecule has 46 heavy (non-hydrogen) atoms. The molecule has 9 aromatic rings. The lowest BCUT2D eigenvalue weighted by atomic mass is 9.99. The van der Waals surface area contributed by atoms with Gasteiger partial charge in [-0.1, -0.05) is 121 Å². The summed E-state index contributed by atoms with van der Waals surface area (Å²) in [6.07, 6.45) is 0. The Balaban J connectivity index is 1.08. The maximum Gasteiger partial charge on any atom is 0.173 e. The molecular weight excluding hydrogens is 579 g/mol. The molecule has 9 rings (SSSR count). The minimum atomic E-state index is 0.765. The van der Waals surface area contributed by atoms with Crippen molar-refractivity contribution >= 4 is 44.1 Å². The summed E-state index contributed by atoms with van der Waals surface area (Å²) in [7, 11) is 0. The number of rotatable bonds is 5. The van der Waals surface area contributed by atoms with E-state index in [2.05, 4.69) is 168 Å². The lowest BCUT2D eigenvalue weighted by molar-refractivity contribution is 1.18. The van der Waals surface area contributed by atoms with Crippen molar-refractivity contribution in [1.82, 2.24) is 13.9 Å². The van der Waals surface area contributed by atoms with Gasteiger partial charge in [0.25, 0.3) is 0 Å². The third-order valence-corrected chi connectivity index (χ3v) is 9.57. The number of hydrogen-bond donors (Lipinski definition) is 0.